The Morgan fingerprint density at radius 1 is 1.33 bits per heavy atom. The summed E-state index contributed by atoms with van der Waals surface area (Å²) in [6.07, 6.45) is -0.551. The monoisotopic (exact) mass is 268 g/mol. The quantitative estimate of drug-likeness (QED) is 0.816. The lowest BCUT2D eigenvalue weighted by molar-refractivity contribution is 0.157. The third-order valence-electron chi connectivity index (χ3n) is 2.10. The van der Waals surface area contributed by atoms with Crippen LogP contribution in [0.4, 0.5) is 4.79 Å². The van der Waals surface area contributed by atoms with Crippen molar-refractivity contribution in [2.75, 3.05) is 13.7 Å². The lowest BCUT2D eigenvalue weighted by atomic mass is 10.2. The molecular formula is C12H16N2O3S. The first-order chi connectivity index (χ1) is 8.65. The van der Waals surface area contributed by atoms with Gasteiger partial charge in [-0.2, -0.15) is 0 Å². The maximum absolute atomic E-state index is 11.1. The summed E-state index contributed by atoms with van der Waals surface area (Å²) >= 11 is 4.94. The largest absolute Gasteiger partial charge is 0.497 e. The summed E-state index contributed by atoms with van der Waals surface area (Å²) in [4.78, 5) is 11.1. The molecule has 0 aliphatic heterocycles. The molecule has 1 aromatic carbocycles. The fraction of sp³-hybridized carbons (Fsp3) is 0.333. The number of hydrogen-bond acceptors (Lipinski definition) is 4. The molecule has 0 heterocycles. The average Bonchev–Trinajstić information content (AvgIpc) is 2.37. The zero-order valence-electron chi connectivity index (χ0n) is 10.4. The molecule has 0 spiro atoms. The van der Waals surface area contributed by atoms with Gasteiger partial charge < -0.3 is 14.8 Å². The Bertz CT molecular complexity index is 406. The zero-order chi connectivity index (χ0) is 13.4. The summed E-state index contributed by atoms with van der Waals surface area (Å²) in [5, 5.41) is 5.55. The molecule has 0 aromatic heterocycles. The van der Waals surface area contributed by atoms with Crippen molar-refractivity contribution < 1.29 is 14.3 Å². The predicted molar refractivity (Wildman–Crippen MR) is 72.6 cm³/mol. The van der Waals surface area contributed by atoms with Gasteiger partial charge >= 0.3 is 6.09 Å². The minimum absolute atomic E-state index is 0.240. The molecule has 0 aliphatic rings. The fourth-order valence-corrected chi connectivity index (χ4v) is 1.39. The highest BCUT2D eigenvalue weighted by atomic mass is 32.1. The van der Waals surface area contributed by atoms with Crippen LogP contribution in [0.2, 0.25) is 0 Å². The van der Waals surface area contributed by atoms with Crippen LogP contribution in [0.5, 0.6) is 5.75 Å². The van der Waals surface area contributed by atoms with E-state index in [0.29, 0.717) is 13.2 Å². The topological polar surface area (TPSA) is 59.6 Å². The van der Waals surface area contributed by atoms with E-state index >= 15 is 0 Å². The normalized spacial score (nSPS) is 9.44. The number of carbonyl (C=O) groups excluding carboxylic acids is 1. The molecule has 0 radical (unpaired) electrons. The second-order valence-corrected chi connectivity index (χ2v) is 3.78. The van der Waals surface area contributed by atoms with E-state index in [4.69, 9.17) is 21.7 Å². The summed E-state index contributed by atoms with van der Waals surface area (Å²) in [5.41, 5.74) is 1.03. The van der Waals surface area contributed by atoms with Crippen LogP contribution in [0.3, 0.4) is 0 Å². The van der Waals surface area contributed by atoms with Gasteiger partial charge in [-0.15, -0.1) is 0 Å². The van der Waals surface area contributed by atoms with Crippen molar-refractivity contribution in [3.8, 4) is 5.75 Å². The van der Waals surface area contributed by atoms with E-state index in [9.17, 15) is 4.79 Å². The van der Waals surface area contributed by atoms with E-state index < -0.39 is 6.09 Å². The predicted octanol–water partition coefficient (Wildman–Crippen LogP) is 1.82. The average molecular weight is 268 g/mol. The molecule has 0 atom stereocenters. The highest BCUT2D eigenvalue weighted by molar-refractivity contribution is 7.80. The molecule has 1 amide bonds. The number of benzene rings is 1. The van der Waals surface area contributed by atoms with Crippen LogP contribution in [0.1, 0.15) is 12.5 Å². The number of carbonyl (C=O) groups is 1. The molecule has 2 N–H and O–H groups in total. The molecule has 18 heavy (non-hydrogen) atoms. The van der Waals surface area contributed by atoms with E-state index in [1.54, 1.807) is 14.0 Å². The summed E-state index contributed by atoms with van der Waals surface area (Å²) in [5.74, 6) is 0.797. The maximum atomic E-state index is 11.1. The Hall–Kier alpha value is -1.82. The minimum atomic E-state index is -0.551. The zero-order valence-corrected chi connectivity index (χ0v) is 11.2. The van der Waals surface area contributed by atoms with Crippen molar-refractivity contribution in [1.29, 1.82) is 0 Å². The van der Waals surface area contributed by atoms with Crippen molar-refractivity contribution in [3.63, 3.8) is 0 Å². The number of methoxy groups -OCH3 is 1. The van der Waals surface area contributed by atoms with Crippen molar-refractivity contribution in [3.05, 3.63) is 29.8 Å². The van der Waals surface area contributed by atoms with Gasteiger partial charge in [0.1, 0.15) is 5.75 Å². The molecule has 5 nitrogen and oxygen atoms in total. The second kappa shape index (κ2) is 7.50. The highest BCUT2D eigenvalue weighted by Gasteiger charge is 2.03. The number of amides is 1. The van der Waals surface area contributed by atoms with Gasteiger partial charge in [-0.3, -0.25) is 5.32 Å². The summed E-state index contributed by atoms with van der Waals surface area (Å²) in [6.45, 7) is 2.57. The van der Waals surface area contributed by atoms with Gasteiger partial charge in [0.2, 0.25) is 0 Å². The molecule has 6 heteroatoms. The van der Waals surface area contributed by atoms with Crippen molar-refractivity contribution in [2.24, 2.45) is 0 Å². The lowest BCUT2D eigenvalue weighted by Crippen LogP contribution is -2.39. The van der Waals surface area contributed by atoms with Crippen molar-refractivity contribution in [1.82, 2.24) is 10.6 Å². The van der Waals surface area contributed by atoms with Crippen LogP contribution in [-0.2, 0) is 11.3 Å². The first-order valence-corrected chi connectivity index (χ1v) is 5.91. The summed E-state index contributed by atoms with van der Waals surface area (Å²) < 4.78 is 9.76. The van der Waals surface area contributed by atoms with E-state index in [1.807, 2.05) is 24.3 Å². The van der Waals surface area contributed by atoms with E-state index in [1.165, 1.54) is 0 Å². The van der Waals surface area contributed by atoms with Crippen LogP contribution in [0, 0.1) is 0 Å². The third kappa shape index (κ3) is 5.01. The molecule has 0 saturated heterocycles. The number of nitrogens with one attached hydrogen (secondary N) is 2. The molecule has 98 valence electrons. The number of ether oxygens (including phenoxy) is 2. The maximum Gasteiger partial charge on any atom is 0.413 e. The summed E-state index contributed by atoms with van der Waals surface area (Å²) in [7, 11) is 1.62. The molecule has 1 aromatic rings. The molecule has 0 aliphatic carbocycles. The third-order valence-corrected chi connectivity index (χ3v) is 2.35. The minimum Gasteiger partial charge on any atom is -0.497 e. The highest BCUT2D eigenvalue weighted by Crippen LogP contribution is 2.10. The van der Waals surface area contributed by atoms with E-state index in [-0.39, 0.29) is 5.11 Å². The van der Waals surface area contributed by atoms with E-state index in [0.717, 1.165) is 11.3 Å². The SMILES string of the molecule is CCOC(=O)NC(=S)NCc1ccc(OC)cc1. The smallest absolute Gasteiger partial charge is 0.413 e. The molecular weight excluding hydrogens is 252 g/mol. The van der Waals surface area contributed by atoms with Crippen LogP contribution < -0.4 is 15.4 Å². The van der Waals surface area contributed by atoms with Gasteiger partial charge in [0.25, 0.3) is 0 Å². The van der Waals surface area contributed by atoms with Gasteiger partial charge in [-0.25, -0.2) is 4.79 Å². The number of hydrogen-bond donors (Lipinski definition) is 2. The molecule has 1 rings (SSSR count). The van der Waals surface area contributed by atoms with Gasteiger partial charge in [0.15, 0.2) is 5.11 Å². The Morgan fingerprint density at radius 2 is 2.00 bits per heavy atom. The van der Waals surface area contributed by atoms with Crippen molar-refractivity contribution in [2.45, 2.75) is 13.5 Å². The molecule has 0 unspecified atom stereocenters. The van der Waals surface area contributed by atoms with Gasteiger partial charge in [-0.1, -0.05) is 12.1 Å². The molecule has 0 saturated carbocycles. The van der Waals surface area contributed by atoms with Gasteiger partial charge in [0, 0.05) is 6.54 Å². The fourth-order valence-electron chi connectivity index (χ4n) is 1.23. The standard InChI is InChI=1S/C12H16N2O3S/c1-3-17-12(15)14-11(18)13-8-9-4-6-10(16-2)7-5-9/h4-7H,3,8H2,1-2H3,(H2,13,14,15,18). The number of rotatable bonds is 4. The molecule has 0 fully saturated rings. The van der Waals surface area contributed by atoms with Gasteiger partial charge in [0.05, 0.1) is 13.7 Å². The van der Waals surface area contributed by atoms with Gasteiger partial charge in [-0.05, 0) is 36.8 Å². The van der Waals surface area contributed by atoms with E-state index in [2.05, 4.69) is 10.6 Å². The van der Waals surface area contributed by atoms with Crippen LogP contribution in [0.25, 0.3) is 0 Å². The lowest BCUT2D eigenvalue weighted by Gasteiger charge is -2.09. The van der Waals surface area contributed by atoms with Crippen LogP contribution in [-0.4, -0.2) is 24.9 Å². The van der Waals surface area contributed by atoms with Crippen molar-refractivity contribution >= 4 is 23.4 Å². The second-order valence-electron chi connectivity index (χ2n) is 3.38. The Labute approximate surface area is 111 Å². The summed E-state index contributed by atoms with van der Waals surface area (Å²) in [6, 6.07) is 7.55. The molecule has 0 bridgehead atoms. The number of alkyl carbamates (subject to hydrolysis) is 1. The van der Waals surface area contributed by atoms with Crippen LogP contribution >= 0.6 is 12.2 Å². The van der Waals surface area contributed by atoms with Crippen LogP contribution in [0.15, 0.2) is 24.3 Å². The number of thiocarbonyl (C=S) groups is 1. The Morgan fingerprint density at radius 3 is 2.56 bits per heavy atom. The Kier molecular flexibility index (Phi) is 5.93. The first-order valence-electron chi connectivity index (χ1n) is 5.50. The Balaban J connectivity index is 2.35. The first kappa shape index (κ1) is 14.2.